The molecule has 0 radical (unpaired) electrons. The molecule has 0 unspecified atom stereocenters. The monoisotopic (exact) mass is 424 g/mol. The average molecular weight is 425 g/mol. The molecule has 0 spiro atoms. The molecule has 0 bridgehead atoms. The molecule has 2 heterocycles. The van der Waals surface area contributed by atoms with Gasteiger partial charge in [-0.1, -0.05) is 0 Å². The highest BCUT2D eigenvalue weighted by molar-refractivity contribution is 5.72. The summed E-state index contributed by atoms with van der Waals surface area (Å²) < 4.78 is 10.8. The zero-order valence-electron chi connectivity index (χ0n) is 20.6. The van der Waals surface area contributed by atoms with E-state index in [1.807, 2.05) is 0 Å². The fourth-order valence-electron chi connectivity index (χ4n) is 5.60. The first kappa shape index (κ1) is 25.1. The number of piperidine rings is 2. The van der Waals surface area contributed by atoms with Crippen LogP contribution in [0.2, 0.25) is 0 Å². The molecule has 0 aromatic carbocycles. The Labute approximate surface area is 183 Å². The largest absolute Gasteiger partial charge is 0.461 e. The molecule has 0 amide bonds. The molecule has 2 aliphatic heterocycles. The van der Waals surface area contributed by atoms with E-state index in [0.29, 0.717) is 0 Å². The van der Waals surface area contributed by atoms with Crippen molar-refractivity contribution in [1.29, 1.82) is 0 Å². The van der Waals surface area contributed by atoms with E-state index >= 15 is 0 Å². The Balaban J connectivity index is 1.76. The quantitative estimate of drug-likeness (QED) is 0.452. The van der Waals surface area contributed by atoms with Crippen molar-refractivity contribution in [3.63, 3.8) is 0 Å². The predicted octanol–water partition coefficient (Wildman–Crippen LogP) is 4.16. The van der Waals surface area contributed by atoms with Gasteiger partial charge in [0, 0.05) is 22.2 Å². The zero-order valence-corrected chi connectivity index (χ0v) is 20.6. The first-order valence-electron chi connectivity index (χ1n) is 11.5. The van der Waals surface area contributed by atoms with E-state index in [-0.39, 0.29) is 60.4 Å². The van der Waals surface area contributed by atoms with Crippen LogP contribution in [0.1, 0.15) is 93.9 Å². The number of esters is 2. The van der Waals surface area contributed by atoms with Crippen LogP contribution in [0.3, 0.4) is 0 Å². The van der Waals surface area contributed by atoms with Crippen molar-refractivity contribution in [1.82, 2.24) is 9.80 Å². The molecule has 2 aliphatic rings. The van der Waals surface area contributed by atoms with Crippen LogP contribution >= 0.6 is 0 Å². The average Bonchev–Trinajstić information content (AvgIpc) is 2.58. The van der Waals surface area contributed by atoms with Crippen molar-refractivity contribution in [2.45, 2.75) is 116 Å². The highest BCUT2D eigenvalue weighted by Gasteiger charge is 2.43. The standard InChI is InChI=1S/C24H44N2O4/c1-21(2)11-9-12-22(3,4)25(21)17-19(27)29-15-16-30-20(28)18-26-23(5,6)13-10-14-24(26,7)8/h9-18H2,1-8H3. The second kappa shape index (κ2) is 9.15. The number of likely N-dealkylation sites (tertiary alicyclic amines) is 2. The van der Waals surface area contributed by atoms with Crippen LogP contribution < -0.4 is 0 Å². The SMILES string of the molecule is CC1(C)CCCC(C)(C)N1CC(=O)OCCOC(=O)CN1C(C)(C)CCCC1(C)C. The molecule has 6 heteroatoms. The molecule has 2 saturated heterocycles. The van der Waals surface area contributed by atoms with Crippen molar-refractivity contribution in [3.05, 3.63) is 0 Å². The number of ether oxygens (including phenoxy) is 2. The maximum absolute atomic E-state index is 12.4. The first-order valence-corrected chi connectivity index (χ1v) is 11.5. The number of carbonyl (C=O) groups is 2. The highest BCUT2D eigenvalue weighted by atomic mass is 16.6. The van der Waals surface area contributed by atoms with Gasteiger partial charge in [0.25, 0.3) is 0 Å². The summed E-state index contributed by atoms with van der Waals surface area (Å²) in [4.78, 5) is 29.3. The summed E-state index contributed by atoms with van der Waals surface area (Å²) in [6.07, 6.45) is 6.64. The molecular weight excluding hydrogens is 380 g/mol. The third-order valence-corrected chi connectivity index (χ3v) is 7.26. The topological polar surface area (TPSA) is 59.1 Å². The first-order chi connectivity index (χ1) is 13.7. The van der Waals surface area contributed by atoms with Gasteiger partial charge in [0.1, 0.15) is 13.2 Å². The minimum Gasteiger partial charge on any atom is -0.461 e. The Hall–Kier alpha value is -1.14. The van der Waals surface area contributed by atoms with Crippen molar-refractivity contribution in [2.75, 3.05) is 26.3 Å². The van der Waals surface area contributed by atoms with E-state index in [0.717, 1.165) is 25.7 Å². The summed E-state index contributed by atoms with van der Waals surface area (Å²) in [7, 11) is 0. The van der Waals surface area contributed by atoms with Gasteiger partial charge in [0.05, 0.1) is 13.1 Å². The Morgan fingerprint density at radius 3 is 1.13 bits per heavy atom. The van der Waals surface area contributed by atoms with Gasteiger partial charge in [-0.15, -0.1) is 0 Å². The molecule has 0 saturated carbocycles. The number of hydrogen-bond donors (Lipinski definition) is 0. The Morgan fingerprint density at radius 2 is 0.867 bits per heavy atom. The molecule has 0 aliphatic carbocycles. The summed E-state index contributed by atoms with van der Waals surface area (Å²) in [6, 6.07) is 0. The van der Waals surface area contributed by atoms with E-state index in [9.17, 15) is 9.59 Å². The molecule has 0 atom stereocenters. The van der Waals surface area contributed by atoms with Gasteiger partial charge in [-0.05, 0) is 93.9 Å². The van der Waals surface area contributed by atoms with E-state index in [1.165, 1.54) is 12.8 Å². The minimum absolute atomic E-state index is 0.0265. The molecule has 0 aromatic rings. The Kier molecular flexibility index (Phi) is 7.67. The van der Waals surface area contributed by atoms with Gasteiger partial charge >= 0.3 is 11.9 Å². The van der Waals surface area contributed by atoms with Crippen LogP contribution in [0.25, 0.3) is 0 Å². The number of carbonyl (C=O) groups excluding carboxylic acids is 2. The molecule has 2 rings (SSSR count). The highest BCUT2D eigenvalue weighted by Crippen LogP contribution is 2.38. The predicted molar refractivity (Wildman–Crippen MR) is 119 cm³/mol. The minimum atomic E-state index is -0.257. The van der Waals surface area contributed by atoms with Crippen molar-refractivity contribution in [3.8, 4) is 0 Å². The second-order valence-corrected chi connectivity index (χ2v) is 11.6. The van der Waals surface area contributed by atoms with Gasteiger partial charge in [0.15, 0.2) is 0 Å². The van der Waals surface area contributed by atoms with Crippen LogP contribution in [-0.2, 0) is 19.1 Å². The van der Waals surface area contributed by atoms with E-state index in [2.05, 4.69) is 65.2 Å². The lowest BCUT2D eigenvalue weighted by atomic mass is 9.80. The van der Waals surface area contributed by atoms with Crippen LogP contribution in [0.15, 0.2) is 0 Å². The normalized spacial score (nSPS) is 25.5. The third-order valence-electron chi connectivity index (χ3n) is 7.26. The fraction of sp³-hybridized carbons (Fsp3) is 0.917. The summed E-state index contributed by atoms with van der Waals surface area (Å²) in [5.41, 5.74) is -0.106. The third kappa shape index (κ3) is 6.19. The van der Waals surface area contributed by atoms with Gasteiger partial charge in [-0.25, -0.2) is 0 Å². The smallest absolute Gasteiger partial charge is 0.320 e. The zero-order chi connectivity index (χ0) is 22.8. The molecule has 30 heavy (non-hydrogen) atoms. The molecule has 174 valence electrons. The maximum Gasteiger partial charge on any atom is 0.320 e. The lowest BCUT2D eigenvalue weighted by Crippen LogP contribution is -2.60. The van der Waals surface area contributed by atoms with Crippen molar-refractivity contribution in [2.24, 2.45) is 0 Å². The van der Waals surface area contributed by atoms with E-state index < -0.39 is 0 Å². The molecular formula is C24H44N2O4. The van der Waals surface area contributed by atoms with Gasteiger partial charge in [0.2, 0.25) is 0 Å². The summed E-state index contributed by atoms with van der Waals surface area (Å²) in [5.74, 6) is -0.514. The summed E-state index contributed by atoms with van der Waals surface area (Å²) in [6.45, 7) is 18.2. The van der Waals surface area contributed by atoms with Gasteiger partial charge < -0.3 is 9.47 Å². The van der Waals surface area contributed by atoms with Crippen LogP contribution in [0.4, 0.5) is 0 Å². The lowest BCUT2D eigenvalue weighted by Gasteiger charge is -2.52. The van der Waals surface area contributed by atoms with Crippen LogP contribution in [0, 0.1) is 0 Å². The Bertz CT molecular complexity index is 539. The van der Waals surface area contributed by atoms with E-state index in [4.69, 9.17) is 9.47 Å². The second-order valence-electron chi connectivity index (χ2n) is 11.6. The number of rotatable bonds is 7. The molecule has 2 fully saturated rings. The van der Waals surface area contributed by atoms with Crippen molar-refractivity contribution < 1.29 is 19.1 Å². The van der Waals surface area contributed by atoms with Crippen molar-refractivity contribution >= 4 is 11.9 Å². The van der Waals surface area contributed by atoms with Gasteiger partial charge in [-0.3, -0.25) is 19.4 Å². The van der Waals surface area contributed by atoms with Crippen LogP contribution in [0.5, 0.6) is 0 Å². The summed E-state index contributed by atoms with van der Waals surface area (Å²) in [5, 5.41) is 0. The van der Waals surface area contributed by atoms with E-state index in [1.54, 1.807) is 0 Å². The Morgan fingerprint density at radius 1 is 0.600 bits per heavy atom. The fourth-order valence-corrected chi connectivity index (χ4v) is 5.60. The van der Waals surface area contributed by atoms with Crippen LogP contribution in [-0.4, -0.2) is 70.2 Å². The van der Waals surface area contributed by atoms with Gasteiger partial charge in [-0.2, -0.15) is 0 Å². The maximum atomic E-state index is 12.4. The number of hydrogen-bond acceptors (Lipinski definition) is 6. The molecule has 0 N–H and O–H groups in total. The molecule has 0 aromatic heterocycles. The molecule has 6 nitrogen and oxygen atoms in total. The summed E-state index contributed by atoms with van der Waals surface area (Å²) >= 11 is 0. The lowest BCUT2D eigenvalue weighted by molar-refractivity contribution is -0.159. The number of nitrogens with zero attached hydrogens (tertiary/aromatic N) is 2.